The first-order valence-electron chi connectivity index (χ1n) is 9.45. The number of benzene rings is 1. The van der Waals surface area contributed by atoms with Gasteiger partial charge < -0.3 is 4.90 Å². The van der Waals surface area contributed by atoms with Crippen LogP contribution in [0.3, 0.4) is 0 Å². The van der Waals surface area contributed by atoms with Crippen LogP contribution in [0.1, 0.15) is 23.5 Å². The largest absolute Gasteiger partial charge is 0.301 e. The number of halogens is 1. The molecule has 0 amide bonds. The zero-order valence-electron chi connectivity index (χ0n) is 16.4. The van der Waals surface area contributed by atoms with E-state index in [-0.39, 0.29) is 11.4 Å². The Bertz CT molecular complexity index is 1180. The average molecular weight is 412 g/mol. The van der Waals surface area contributed by atoms with E-state index in [0.717, 1.165) is 52.7 Å². The maximum atomic E-state index is 13.1. The van der Waals surface area contributed by atoms with Crippen LogP contribution in [0.25, 0.3) is 16.2 Å². The van der Waals surface area contributed by atoms with E-state index < -0.39 is 0 Å². The summed E-state index contributed by atoms with van der Waals surface area (Å²) in [7, 11) is 2.03. The van der Waals surface area contributed by atoms with Crippen LogP contribution >= 0.6 is 11.3 Å². The molecule has 0 radical (unpaired) electrons. The number of H-pyrrole nitrogens is 1. The van der Waals surface area contributed by atoms with Crippen LogP contribution in [-0.2, 0) is 13.0 Å². The molecular formula is C21H22FN5OS. The minimum absolute atomic E-state index is 0.0251. The van der Waals surface area contributed by atoms with Crippen LogP contribution in [0.4, 0.5) is 4.39 Å². The van der Waals surface area contributed by atoms with Crippen molar-refractivity contribution in [2.75, 3.05) is 13.6 Å². The highest BCUT2D eigenvalue weighted by Gasteiger charge is 2.09. The molecule has 4 aromatic rings. The molecule has 8 heteroatoms. The van der Waals surface area contributed by atoms with Gasteiger partial charge in [0.25, 0.3) is 5.56 Å². The average Bonchev–Trinajstić information content (AvgIpc) is 3.30. The van der Waals surface area contributed by atoms with Gasteiger partial charge in [0.2, 0.25) is 0 Å². The lowest BCUT2D eigenvalue weighted by molar-refractivity contribution is 0.318. The summed E-state index contributed by atoms with van der Waals surface area (Å²) in [6, 6.07) is 9.95. The molecule has 3 aromatic heterocycles. The molecule has 29 heavy (non-hydrogen) atoms. The van der Waals surface area contributed by atoms with Crippen molar-refractivity contribution in [2.45, 2.75) is 26.3 Å². The number of aryl methyl sites for hydroxylation is 2. The highest BCUT2D eigenvalue weighted by atomic mass is 32.1. The zero-order chi connectivity index (χ0) is 20.4. The standard InChI is InChI=1S/C21H22FN5OS/c1-14-13-29-21-23-18(11-20(28)27(14)21)12-26(2)9-3-4-17-10-19(25-24-17)15-5-7-16(22)8-6-15/h5-8,10-11,13H,3-4,9,12H2,1-2H3,(H,24,25). The van der Waals surface area contributed by atoms with E-state index in [4.69, 9.17) is 0 Å². The van der Waals surface area contributed by atoms with Gasteiger partial charge in [-0.05, 0) is 63.7 Å². The SMILES string of the molecule is Cc1csc2nc(CN(C)CCCc3cc(-c4ccc(F)cc4)n[nH]3)cc(=O)n12. The second-order valence-corrected chi connectivity index (χ2v) is 8.04. The van der Waals surface area contributed by atoms with E-state index in [0.29, 0.717) is 6.54 Å². The maximum Gasteiger partial charge on any atom is 0.259 e. The molecule has 150 valence electrons. The van der Waals surface area contributed by atoms with Crippen LogP contribution in [0, 0.1) is 12.7 Å². The topological polar surface area (TPSA) is 66.3 Å². The van der Waals surface area contributed by atoms with Crippen molar-refractivity contribution in [2.24, 2.45) is 0 Å². The molecule has 0 bridgehead atoms. The van der Waals surface area contributed by atoms with Gasteiger partial charge in [0, 0.05) is 34.9 Å². The van der Waals surface area contributed by atoms with Crippen LogP contribution in [0.2, 0.25) is 0 Å². The molecular weight excluding hydrogens is 389 g/mol. The minimum Gasteiger partial charge on any atom is -0.301 e. The van der Waals surface area contributed by atoms with Gasteiger partial charge in [0.05, 0.1) is 11.4 Å². The number of fused-ring (bicyclic) bond motifs is 1. The summed E-state index contributed by atoms with van der Waals surface area (Å²) in [5.74, 6) is -0.252. The summed E-state index contributed by atoms with van der Waals surface area (Å²) >= 11 is 1.49. The summed E-state index contributed by atoms with van der Waals surface area (Å²) in [6.07, 6.45) is 1.80. The maximum absolute atomic E-state index is 13.1. The van der Waals surface area contributed by atoms with Crippen molar-refractivity contribution < 1.29 is 4.39 Å². The summed E-state index contributed by atoms with van der Waals surface area (Å²) in [6.45, 7) is 3.41. The monoisotopic (exact) mass is 411 g/mol. The van der Waals surface area contributed by atoms with Crippen molar-refractivity contribution in [3.05, 3.63) is 75.0 Å². The second-order valence-electron chi connectivity index (χ2n) is 7.21. The quantitative estimate of drug-likeness (QED) is 0.504. The Morgan fingerprint density at radius 1 is 1.24 bits per heavy atom. The molecule has 0 spiro atoms. The summed E-state index contributed by atoms with van der Waals surface area (Å²) in [4.78, 5) is 19.8. The Balaban J connectivity index is 1.32. The van der Waals surface area contributed by atoms with Crippen LogP contribution in [0.15, 0.2) is 46.6 Å². The lowest BCUT2D eigenvalue weighted by Crippen LogP contribution is -2.23. The van der Waals surface area contributed by atoms with Gasteiger partial charge in [0.15, 0.2) is 4.96 Å². The van der Waals surface area contributed by atoms with Gasteiger partial charge in [-0.2, -0.15) is 5.10 Å². The fraction of sp³-hybridized carbons (Fsp3) is 0.286. The number of nitrogens with zero attached hydrogens (tertiary/aromatic N) is 4. The van der Waals surface area contributed by atoms with Gasteiger partial charge in [-0.1, -0.05) is 0 Å². The van der Waals surface area contributed by atoms with Gasteiger partial charge in [0.1, 0.15) is 5.82 Å². The highest BCUT2D eigenvalue weighted by molar-refractivity contribution is 7.15. The number of rotatable bonds is 7. The van der Waals surface area contributed by atoms with E-state index >= 15 is 0 Å². The van der Waals surface area contributed by atoms with Gasteiger partial charge in [-0.25, -0.2) is 9.37 Å². The first-order chi connectivity index (χ1) is 14.0. The van der Waals surface area contributed by atoms with E-state index in [1.54, 1.807) is 22.6 Å². The number of aromatic amines is 1. The first kappa shape index (κ1) is 19.5. The molecule has 0 aliphatic rings. The van der Waals surface area contributed by atoms with Crippen LogP contribution < -0.4 is 5.56 Å². The first-order valence-corrected chi connectivity index (χ1v) is 10.3. The molecule has 0 unspecified atom stereocenters. The number of hydrogen-bond donors (Lipinski definition) is 1. The fourth-order valence-electron chi connectivity index (χ4n) is 3.34. The number of thiazole rings is 1. The smallest absolute Gasteiger partial charge is 0.259 e. The Morgan fingerprint density at radius 3 is 2.83 bits per heavy atom. The fourth-order valence-corrected chi connectivity index (χ4v) is 4.23. The van der Waals surface area contributed by atoms with Crippen molar-refractivity contribution >= 4 is 16.3 Å². The molecule has 0 aliphatic carbocycles. The van der Waals surface area contributed by atoms with Gasteiger partial charge >= 0.3 is 0 Å². The molecule has 1 N–H and O–H groups in total. The van der Waals surface area contributed by atoms with E-state index in [1.807, 2.05) is 25.4 Å². The molecule has 0 fully saturated rings. The second kappa shape index (κ2) is 8.26. The molecule has 0 saturated carbocycles. The molecule has 6 nitrogen and oxygen atoms in total. The van der Waals surface area contributed by atoms with Gasteiger partial charge in [-0.3, -0.25) is 14.3 Å². The third-order valence-corrected chi connectivity index (χ3v) is 5.76. The molecule has 1 aromatic carbocycles. The highest BCUT2D eigenvalue weighted by Crippen LogP contribution is 2.18. The Morgan fingerprint density at radius 2 is 2.03 bits per heavy atom. The molecule has 3 heterocycles. The number of hydrogen-bond acceptors (Lipinski definition) is 5. The molecule has 4 rings (SSSR count). The van der Waals surface area contributed by atoms with E-state index in [2.05, 4.69) is 20.1 Å². The Kier molecular flexibility index (Phi) is 5.55. The molecule has 0 saturated heterocycles. The third-order valence-electron chi connectivity index (χ3n) is 4.82. The molecule has 0 aliphatic heterocycles. The minimum atomic E-state index is -0.252. The van der Waals surface area contributed by atoms with Crippen LogP contribution in [-0.4, -0.2) is 38.1 Å². The normalized spacial score (nSPS) is 11.6. The lowest BCUT2D eigenvalue weighted by atomic mass is 10.1. The number of nitrogens with one attached hydrogen (secondary N) is 1. The van der Waals surface area contributed by atoms with Crippen LogP contribution in [0.5, 0.6) is 0 Å². The zero-order valence-corrected chi connectivity index (χ0v) is 17.2. The van der Waals surface area contributed by atoms with E-state index in [9.17, 15) is 9.18 Å². The van der Waals surface area contributed by atoms with Crippen molar-refractivity contribution in [1.29, 1.82) is 0 Å². The van der Waals surface area contributed by atoms with Crippen molar-refractivity contribution in [3.8, 4) is 11.3 Å². The third kappa shape index (κ3) is 4.44. The van der Waals surface area contributed by atoms with Crippen molar-refractivity contribution in [1.82, 2.24) is 24.5 Å². The summed E-state index contributed by atoms with van der Waals surface area (Å²) < 4.78 is 14.7. The van der Waals surface area contributed by atoms with E-state index in [1.165, 1.54) is 23.5 Å². The number of aromatic nitrogens is 4. The Hall–Kier alpha value is -2.84. The molecule has 0 atom stereocenters. The lowest BCUT2D eigenvalue weighted by Gasteiger charge is -2.15. The van der Waals surface area contributed by atoms with Gasteiger partial charge in [-0.15, -0.1) is 11.3 Å². The summed E-state index contributed by atoms with van der Waals surface area (Å²) in [5, 5.41) is 9.32. The predicted octanol–water partition coefficient (Wildman–Crippen LogP) is 3.66. The van der Waals surface area contributed by atoms with Crippen molar-refractivity contribution in [3.63, 3.8) is 0 Å². The predicted molar refractivity (Wildman–Crippen MR) is 113 cm³/mol. The Labute approximate surface area is 171 Å². The summed E-state index contributed by atoms with van der Waals surface area (Å²) in [5.41, 5.74) is 4.44.